The van der Waals surface area contributed by atoms with Crippen LogP contribution in [0.25, 0.3) is 11.1 Å². The predicted molar refractivity (Wildman–Crippen MR) is 150 cm³/mol. The molecule has 0 saturated carbocycles. The summed E-state index contributed by atoms with van der Waals surface area (Å²) in [6.45, 7) is 3.82. The molecule has 8 nitrogen and oxygen atoms in total. The van der Waals surface area contributed by atoms with E-state index in [1.807, 2.05) is 6.92 Å². The smallest absolute Gasteiger partial charge is 0.378 e. The van der Waals surface area contributed by atoms with E-state index in [9.17, 15) is 17.6 Å². The highest BCUT2D eigenvalue weighted by Gasteiger charge is 2.31. The fourth-order valence-corrected chi connectivity index (χ4v) is 4.51. The highest BCUT2D eigenvalue weighted by molar-refractivity contribution is 6.31. The highest BCUT2D eigenvalue weighted by Crippen LogP contribution is 2.36. The minimum Gasteiger partial charge on any atom is -0.378 e. The maximum absolute atomic E-state index is 14.2. The molecule has 1 fully saturated rings. The first kappa shape index (κ1) is 28.2. The summed E-state index contributed by atoms with van der Waals surface area (Å²) in [5.74, 6) is -0.266. The van der Waals surface area contributed by atoms with Crippen LogP contribution in [0.4, 0.5) is 40.7 Å². The normalized spacial score (nSPS) is 14.0. The summed E-state index contributed by atoms with van der Waals surface area (Å²) in [4.78, 5) is 14.1. The average molecular weight is 586 g/mol. The molecule has 1 saturated heterocycles. The van der Waals surface area contributed by atoms with Crippen molar-refractivity contribution >= 4 is 41.0 Å². The third-order valence-corrected chi connectivity index (χ3v) is 6.33. The number of rotatable bonds is 7. The first-order valence-corrected chi connectivity index (χ1v) is 12.9. The molecule has 0 aliphatic carbocycles. The van der Waals surface area contributed by atoms with Crippen LogP contribution in [0.3, 0.4) is 0 Å². The first-order chi connectivity index (χ1) is 19.6. The van der Waals surface area contributed by atoms with E-state index < -0.39 is 17.6 Å². The number of aryl methyl sites for hydroxylation is 1. The molecule has 0 radical (unpaired) electrons. The van der Waals surface area contributed by atoms with Gasteiger partial charge in [-0.05, 0) is 66.1 Å². The number of pyridine rings is 1. The fraction of sp³-hybridized carbons (Fsp3) is 0.214. The van der Waals surface area contributed by atoms with Crippen LogP contribution < -0.4 is 15.6 Å². The van der Waals surface area contributed by atoms with Gasteiger partial charge in [0.2, 0.25) is 5.95 Å². The van der Waals surface area contributed by atoms with Crippen molar-refractivity contribution in [2.45, 2.75) is 13.1 Å². The van der Waals surface area contributed by atoms with E-state index in [2.05, 4.69) is 30.8 Å². The van der Waals surface area contributed by atoms with E-state index >= 15 is 0 Å². The number of benzene rings is 2. The molecule has 2 aromatic heterocycles. The molecule has 0 amide bonds. The predicted octanol–water partition coefficient (Wildman–Crippen LogP) is 6.68. The van der Waals surface area contributed by atoms with Crippen LogP contribution in [0.1, 0.15) is 16.8 Å². The molecule has 1 aliphatic heterocycles. The molecule has 0 bridgehead atoms. The van der Waals surface area contributed by atoms with Crippen molar-refractivity contribution in [2.24, 2.45) is 5.10 Å². The number of aromatic nitrogens is 3. The summed E-state index contributed by atoms with van der Waals surface area (Å²) >= 11 is 6.14. The van der Waals surface area contributed by atoms with Gasteiger partial charge in [0.25, 0.3) is 0 Å². The van der Waals surface area contributed by atoms with Crippen LogP contribution in [0.15, 0.2) is 66.0 Å². The SMILES string of the molecule is Cc1cc(Cl)cc(-c2cc(Nc3ccc(/C=N/Nc4ncc(F)c(N5CCOCC5)n4)nc3)cc(C(F)(F)F)c2)c1. The van der Waals surface area contributed by atoms with Gasteiger partial charge in [-0.25, -0.2) is 14.8 Å². The van der Waals surface area contributed by atoms with E-state index in [0.29, 0.717) is 53.8 Å². The summed E-state index contributed by atoms with van der Waals surface area (Å²) in [5.41, 5.74) is 4.80. The second-order valence-electron chi connectivity index (χ2n) is 9.25. The Morgan fingerprint density at radius 1 is 0.976 bits per heavy atom. The molecule has 41 heavy (non-hydrogen) atoms. The molecular formula is C28H24ClF4N7O. The third kappa shape index (κ3) is 7.27. The standard InChI is InChI=1S/C28H24ClF4N7O/c1-17-8-18(11-21(29)9-17)19-10-20(28(31,32)33)13-24(12-19)37-23-3-2-22(34-14-23)15-36-39-27-35-16-25(30)26(38-27)40-4-6-41-7-5-40/h2-3,8-16,37H,4-7H2,1H3,(H,35,38,39)/b36-15+. The second-order valence-corrected chi connectivity index (χ2v) is 9.68. The molecular weight excluding hydrogens is 562 g/mol. The van der Waals surface area contributed by atoms with Crippen molar-refractivity contribution in [3.05, 3.63) is 88.6 Å². The maximum Gasteiger partial charge on any atom is 0.416 e. The molecule has 0 unspecified atom stereocenters. The molecule has 2 aromatic carbocycles. The van der Waals surface area contributed by atoms with Gasteiger partial charge >= 0.3 is 6.18 Å². The molecule has 2 N–H and O–H groups in total. The number of anilines is 4. The van der Waals surface area contributed by atoms with Gasteiger partial charge in [0.05, 0.1) is 48.8 Å². The summed E-state index contributed by atoms with van der Waals surface area (Å²) in [7, 11) is 0. The van der Waals surface area contributed by atoms with Crippen LogP contribution in [-0.4, -0.2) is 47.5 Å². The third-order valence-electron chi connectivity index (χ3n) is 6.11. The van der Waals surface area contributed by atoms with Crippen LogP contribution in [0.2, 0.25) is 5.02 Å². The lowest BCUT2D eigenvalue weighted by molar-refractivity contribution is -0.137. The number of nitrogens with one attached hydrogen (secondary N) is 2. The summed E-state index contributed by atoms with van der Waals surface area (Å²) in [6.07, 6.45) is -0.589. The lowest BCUT2D eigenvalue weighted by atomic mass is 10.00. The number of morpholine rings is 1. The maximum atomic E-state index is 14.2. The van der Waals surface area contributed by atoms with E-state index in [4.69, 9.17) is 16.3 Å². The quantitative estimate of drug-likeness (QED) is 0.142. The number of halogens is 5. The van der Waals surface area contributed by atoms with Crippen LogP contribution >= 0.6 is 11.6 Å². The Morgan fingerprint density at radius 3 is 2.46 bits per heavy atom. The van der Waals surface area contributed by atoms with Gasteiger partial charge in [-0.1, -0.05) is 17.7 Å². The summed E-state index contributed by atoms with van der Waals surface area (Å²) < 4.78 is 60.5. The number of ether oxygens (including phenoxy) is 1. The Morgan fingerprint density at radius 2 is 1.76 bits per heavy atom. The van der Waals surface area contributed by atoms with Crippen LogP contribution in [-0.2, 0) is 10.9 Å². The van der Waals surface area contributed by atoms with Gasteiger partial charge in [0, 0.05) is 23.8 Å². The zero-order valence-electron chi connectivity index (χ0n) is 21.7. The largest absolute Gasteiger partial charge is 0.416 e. The van der Waals surface area contributed by atoms with Crippen molar-refractivity contribution < 1.29 is 22.3 Å². The molecule has 0 spiro atoms. The fourth-order valence-electron chi connectivity index (χ4n) is 4.22. The second kappa shape index (κ2) is 12.1. The Bertz CT molecular complexity index is 1540. The highest BCUT2D eigenvalue weighted by atomic mass is 35.5. The molecule has 13 heteroatoms. The van der Waals surface area contributed by atoms with Crippen molar-refractivity contribution in [1.82, 2.24) is 15.0 Å². The van der Waals surface area contributed by atoms with E-state index in [-0.39, 0.29) is 17.5 Å². The van der Waals surface area contributed by atoms with Crippen molar-refractivity contribution in [3.8, 4) is 11.1 Å². The average Bonchev–Trinajstić information content (AvgIpc) is 2.94. The minimum atomic E-state index is -4.54. The Balaban J connectivity index is 1.29. The van der Waals surface area contributed by atoms with Gasteiger partial charge in [-0.2, -0.15) is 23.3 Å². The lowest BCUT2D eigenvalue weighted by Gasteiger charge is -2.27. The number of hydrazone groups is 1. The number of alkyl halides is 3. The van der Waals surface area contributed by atoms with Crippen LogP contribution in [0, 0.1) is 12.7 Å². The van der Waals surface area contributed by atoms with Crippen molar-refractivity contribution in [2.75, 3.05) is 41.9 Å². The number of hydrogen-bond acceptors (Lipinski definition) is 8. The van der Waals surface area contributed by atoms with Gasteiger partial charge in [-0.3, -0.25) is 4.98 Å². The number of nitrogens with zero attached hydrogens (tertiary/aromatic N) is 5. The van der Waals surface area contributed by atoms with Crippen LogP contribution in [0.5, 0.6) is 0 Å². The molecule has 5 rings (SSSR count). The molecule has 3 heterocycles. The molecule has 212 valence electrons. The van der Waals surface area contributed by atoms with E-state index in [0.717, 1.165) is 23.9 Å². The molecule has 1 aliphatic rings. The molecule has 4 aromatic rings. The summed E-state index contributed by atoms with van der Waals surface area (Å²) in [6, 6.07) is 12.2. The zero-order chi connectivity index (χ0) is 29.0. The van der Waals surface area contributed by atoms with Gasteiger partial charge in [0.15, 0.2) is 11.6 Å². The monoisotopic (exact) mass is 585 g/mol. The first-order valence-electron chi connectivity index (χ1n) is 12.5. The Hall–Kier alpha value is -4.29. The van der Waals surface area contributed by atoms with Crippen molar-refractivity contribution in [3.63, 3.8) is 0 Å². The van der Waals surface area contributed by atoms with Gasteiger partial charge in [0.1, 0.15) is 0 Å². The van der Waals surface area contributed by atoms with Crippen molar-refractivity contribution in [1.29, 1.82) is 0 Å². The zero-order valence-corrected chi connectivity index (χ0v) is 22.5. The van der Waals surface area contributed by atoms with Gasteiger partial charge in [-0.15, -0.1) is 0 Å². The lowest BCUT2D eigenvalue weighted by Crippen LogP contribution is -2.37. The summed E-state index contributed by atoms with van der Waals surface area (Å²) in [5, 5.41) is 7.47. The Labute approximate surface area is 238 Å². The molecule has 0 atom stereocenters. The topological polar surface area (TPSA) is 87.6 Å². The van der Waals surface area contributed by atoms with Gasteiger partial charge < -0.3 is 15.0 Å². The minimum absolute atomic E-state index is 0.109. The number of hydrogen-bond donors (Lipinski definition) is 2. The van der Waals surface area contributed by atoms with E-state index in [1.54, 1.807) is 41.3 Å². The Kier molecular flexibility index (Phi) is 8.31. The van der Waals surface area contributed by atoms with E-state index in [1.165, 1.54) is 12.4 Å².